The van der Waals surface area contributed by atoms with Crippen LogP contribution in [-0.2, 0) is 38.0 Å². The van der Waals surface area contributed by atoms with Gasteiger partial charge in [-0.3, -0.25) is 4.84 Å². The van der Waals surface area contributed by atoms with E-state index in [0.717, 1.165) is 0 Å². The lowest BCUT2D eigenvalue weighted by Gasteiger charge is -2.50. The first kappa shape index (κ1) is 38.6. The van der Waals surface area contributed by atoms with Crippen molar-refractivity contribution in [3.8, 4) is 0 Å². The maximum absolute atomic E-state index is 11.3. The molecule has 4 aliphatic heterocycles. The molecule has 24 nitrogen and oxygen atoms in total. The van der Waals surface area contributed by atoms with Crippen molar-refractivity contribution in [2.45, 2.75) is 137 Å². The Bertz CT molecular complexity index is 1120. The van der Waals surface area contributed by atoms with Crippen molar-refractivity contribution in [1.82, 2.24) is 0 Å². The van der Waals surface area contributed by atoms with Crippen LogP contribution in [0.3, 0.4) is 0 Å². The molecule has 0 radical (unpaired) electrons. The van der Waals surface area contributed by atoms with Crippen LogP contribution in [0.1, 0.15) is 13.8 Å². The third-order valence-electron chi connectivity index (χ3n) is 8.48. The van der Waals surface area contributed by atoms with E-state index >= 15 is 0 Å². The van der Waals surface area contributed by atoms with Crippen molar-refractivity contribution in [3.63, 3.8) is 0 Å². The molecule has 4 fully saturated rings. The highest BCUT2D eigenvalue weighted by atomic mass is 17.0. The first-order chi connectivity index (χ1) is 22.6. The fourth-order valence-corrected chi connectivity index (χ4v) is 5.74. The van der Waals surface area contributed by atoms with Crippen LogP contribution in [0.5, 0.6) is 0 Å². The summed E-state index contributed by atoms with van der Waals surface area (Å²) in [6.45, 7) is 0.724. The molecule has 0 aromatic heterocycles. The largest absolute Gasteiger partial charge is 0.394 e. The molecule has 24 heteroatoms. The number of aliphatic hydroxyl groups is 10. The molecule has 0 amide bonds. The summed E-state index contributed by atoms with van der Waals surface area (Å²) in [7, 11) is 0. The van der Waals surface area contributed by atoms with Crippen LogP contribution in [0, 0.1) is 10.1 Å². The van der Waals surface area contributed by atoms with Gasteiger partial charge in [0, 0.05) is 4.91 Å². The molecule has 0 spiro atoms. The predicted molar refractivity (Wildman–Crippen MR) is 144 cm³/mol. The fourth-order valence-electron chi connectivity index (χ4n) is 5.74. The highest BCUT2D eigenvalue weighted by Gasteiger charge is 2.56. The number of rotatable bonds is 11. The van der Waals surface area contributed by atoms with Gasteiger partial charge in [-0.1, -0.05) is 5.11 Å². The monoisotopic (exact) mass is 704 g/mol. The molecule has 20 atom stereocenters. The number of azide groups is 1. The summed E-state index contributed by atoms with van der Waals surface area (Å²) in [6.07, 6.45) is -33.3. The topological polar surface area (TPSA) is 368 Å². The van der Waals surface area contributed by atoms with Crippen LogP contribution in [0.2, 0.25) is 0 Å². The van der Waals surface area contributed by atoms with Gasteiger partial charge in [0.05, 0.1) is 25.4 Å². The molecule has 0 saturated carbocycles. The Hall–Kier alpha value is -2.17. The van der Waals surface area contributed by atoms with E-state index in [4.69, 9.17) is 33.2 Å². The van der Waals surface area contributed by atoms with E-state index in [1.807, 2.05) is 0 Å². The van der Waals surface area contributed by atoms with E-state index in [0.29, 0.717) is 0 Å². The number of hydrogen-bond acceptors (Lipinski definition) is 21. The lowest BCUT2D eigenvalue weighted by Crippen LogP contribution is -2.68. The molecule has 48 heavy (non-hydrogen) atoms. The van der Waals surface area contributed by atoms with Gasteiger partial charge in [0.15, 0.2) is 18.9 Å². The molecule has 0 aromatic rings. The molecular weight excluding hydrogens is 664 g/mol. The van der Waals surface area contributed by atoms with Crippen molar-refractivity contribution < 1.29 is 94.1 Å². The molecule has 4 heterocycles. The number of ether oxygens (including phenoxy) is 7. The Kier molecular flexibility index (Phi) is 13.1. The minimum absolute atomic E-state index is 0.903. The van der Waals surface area contributed by atoms with Crippen molar-refractivity contribution in [3.05, 3.63) is 20.6 Å². The Morgan fingerprint density at radius 1 is 0.646 bits per heavy atom. The molecule has 276 valence electrons. The second-order valence-electron chi connectivity index (χ2n) is 11.6. The van der Waals surface area contributed by atoms with Crippen LogP contribution in [0.25, 0.3) is 10.4 Å². The van der Waals surface area contributed by atoms with Gasteiger partial charge in [-0.15, -0.1) is 10.1 Å². The molecule has 4 saturated heterocycles. The molecule has 10 N–H and O–H groups in total. The van der Waals surface area contributed by atoms with Crippen molar-refractivity contribution in [2.75, 3.05) is 13.2 Å². The average Bonchev–Trinajstić information content (AvgIpc) is 3.05. The summed E-state index contributed by atoms with van der Waals surface area (Å²) in [5.41, 5.74) is 9.31. The van der Waals surface area contributed by atoms with Gasteiger partial charge < -0.3 is 84.2 Å². The molecule has 0 aliphatic carbocycles. The number of hydrogen-bond donors (Lipinski definition) is 10. The molecule has 10 unspecified atom stereocenters. The standard InChI is InChI=1S/C24H40N4O20/c1-5-10(31)13(34)16(37)22(41-5)46-19-9(26-27-25)21(48-28(39)40)44-8(4-30)18(19)45-24-20(15(36)12(33)7(3-29)43-24)47-23-17(38)14(35)11(32)6(2)42-23/h5-24,29-38H,3-4H2,1-2H3/t5?,6?,7?,8?,9?,10-,11+,12+,13-,14?,15+,16?,17+,18-,19-,20?,21?,22+,23?,24+/m1/s1. The normalized spacial score (nSPS) is 49.9. The van der Waals surface area contributed by atoms with Gasteiger partial charge in [0.25, 0.3) is 5.09 Å². The fraction of sp³-hybridized carbons (Fsp3) is 1.00. The lowest BCUT2D eigenvalue weighted by atomic mass is 9.94. The maximum Gasteiger partial charge on any atom is 0.297 e. The van der Waals surface area contributed by atoms with Crippen LogP contribution >= 0.6 is 0 Å². The quantitative estimate of drug-likeness (QED) is 0.0314. The Morgan fingerprint density at radius 3 is 1.60 bits per heavy atom. The molecule has 0 bridgehead atoms. The van der Waals surface area contributed by atoms with Crippen LogP contribution in [0.4, 0.5) is 0 Å². The minimum Gasteiger partial charge on any atom is -0.394 e. The first-order valence-electron chi connectivity index (χ1n) is 14.7. The summed E-state index contributed by atoms with van der Waals surface area (Å²) in [6, 6.07) is -1.89. The summed E-state index contributed by atoms with van der Waals surface area (Å²) in [4.78, 5) is 18.4. The number of nitrogens with zero attached hydrogens (tertiary/aromatic N) is 4. The second-order valence-corrected chi connectivity index (χ2v) is 11.6. The molecule has 4 rings (SSSR count). The smallest absolute Gasteiger partial charge is 0.297 e. The van der Waals surface area contributed by atoms with Gasteiger partial charge in [-0.25, -0.2) is 0 Å². The van der Waals surface area contributed by atoms with E-state index in [-0.39, 0.29) is 0 Å². The highest BCUT2D eigenvalue weighted by Crippen LogP contribution is 2.36. The van der Waals surface area contributed by atoms with Gasteiger partial charge in [-0.05, 0) is 19.4 Å². The summed E-state index contributed by atoms with van der Waals surface area (Å²) in [5, 5.41) is 117. The maximum atomic E-state index is 11.3. The van der Waals surface area contributed by atoms with Crippen LogP contribution < -0.4 is 0 Å². The van der Waals surface area contributed by atoms with E-state index in [9.17, 15) is 66.7 Å². The second kappa shape index (κ2) is 16.2. The van der Waals surface area contributed by atoms with Crippen molar-refractivity contribution >= 4 is 0 Å². The van der Waals surface area contributed by atoms with E-state index in [1.54, 1.807) is 0 Å². The summed E-state index contributed by atoms with van der Waals surface area (Å²) >= 11 is 0. The van der Waals surface area contributed by atoms with Crippen molar-refractivity contribution in [2.24, 2.45) is 5.11 Å². The Labute approximate surface area is 270 Å². The first-order valence-corrected chi connectivity index (χ1v) is 14.7. The molecular formula is C24H40N4O20. The summed E-state index contributed by atoms with van der Waals surface area (Å²) < 4.78 is 39.5. The number of aliphatic hydroxyl groups excluding tert-OH is 10. The average molecular weight is 705 g/mol. The molecule has 0 aromatic carbocycles. The van der Waals surface area contributed by atoms with E-state index in [2.05, 4.69) is 14.9 Å². The third-order valence-corrected chi connectivity index (χ3v) is 8.48. The predicted octanol–water partition coefficient (Wildman–Crippen LogP) is -6.16. The Balaban J connectivity index is 1.72. The zero-order chi connectivity index (χ0) is 35.6. The Morgan fingerprint density at radius 2 is 1.12 bits per heavy atom. The zero-order valence-corrected chi connectivity index (χ0v) is 25.3. The van der Waals surface area contributed by atoms with Crippen LogP contribution in [-0.4, -0.2) is 192 Å². The summed E-state index contributed by atoms with van der Waals surface area (Å²) in [5.74, 6) is 0. The van der Waals surface area contributed by atoms with Crippen LogP contribution in [0.15, 0.2) is 5.11 Å². The highest BCUT2D eigenvalue weighted by molar-refractivity contribution is 5.00. The van der Waals surface area contributed by atoms with E-state index < -0.39 is 141 Å². The van der Waals surface area contributed by atoms with Gasteiger partial charge in [-0.2, -0.15) is 0 Å². The van der Waals surface area contributed by atoms with Crippen molar-refractivity contribution in [1.29, 1.82) is 0 Å². The lowest BCUT2D eigenvalue weighted by molar-refractivity contribution is -0.783. The third kappa shape index (κ3) is 7.91. The molecule has 4 aliphatic rings. The van der Waals surface area contributed by atoms with Gasteiger partial charge in [0.1, 0.15) is 85.4 Å². The minimum atomic E-state index is -2.08. The van der Waals surface area contributed by atoms with Gasteiger partial charge >= 0.3 is 0 Å². The SMILES string of the molecule is CC1OC(OC2[C@H](O[C@@H]3C(CO)OC(O[N+](=O)[O-])C(N=[N+]=[N-])[C@H]3O[C@@H]3OC(C)[C@@H](O)[C@@H](O)C3O)OC(CO)[C@H](O)[C@@H]2O)[C@@H](O)C(O)[C@H]1O. The van der Waals surface area contributed by atoms with E-state index in [1.165, 1.54) is 13.8 Å². The zero-order valence-electron chi connectivity index (χ0n) is 25.3. The van der Waals surface area contributed by atoms with Gasteiger partial charge in [0.2, 0.25) is 6.29 Å².